The van der Waals surface area contributed by atoms with Gasteiger partial charge in [-0.05, 0) is 35.9 Å². The number of anilines is 2. The Morgan fingerprint density at radius 1 is 1.05 bits per heavy atom. The average Bonchev–Trinajstić information content (AvgIpc) is 2.99. The van der Waals surface area contributed by atoms with E-state index in [1.807, 2.05) is 0 Å². The highest BCUT2D eigenvalue weighted by Crippen LogP contribution is 2.36. The van der Waals surface area contributed by atoms with Crippen LogP contribution in [-0.2, 0) is 15.8 Å². The Bertz CT molecular complexity index is 1860. The molecule has 0 spiro atoms. The SMILES string of the molecule is N#Cc1cc(F)ccc1CS(=O)(=O)Nc1c(F)cc(Oc2ncccc2-c2ccnc(NC3CNC[C@@H](F)C3)n2)c(F)c1F. The number of hydrogen-bond donors (Lipinski definition) is 3. The van der Waals surface area contributed by atoms with Crippen LogP contribution >= 0.6 is 0 Å². The zero-order valence-electron chi connectivity index (χ0n) is 22.5. The molecular formula is C28H22F5N7O3S. The molecule has 44 heavy (non-hydrogen) atoms. The zero-order chi connectivity index (χ0) is 31.4. The number of piperidine rings is 1. The largest absolute Gasteiger partial charge is 0.435 e. The Balaban J connectivity index is 1.38. The number of nitrogens with one attached hydrogen (secondary N) is 3. The summed E-state index contributed by atoms with van der Waals surface area (Å²) in [5.41, 5.74) is -1.33. The van der Waals surface area contributed by atoms with Crippen LogP contribution in [0.3, 0.4) is 0 Å². The molecule has 16 heteroatoms. The Morgan fingerprint density at radius 2 is 1.86 bits per heavy atom. The van der Waals surface area contributed by atoms with Crippen molar-refractivity contribution >= 4 is 21.7 Å². The van der Waals surface area contributed by atoms with Crippen molar-refractivity contribution < 1.29 is 35.1 Å². The second-order valence-corrected chi connectivity index (χ2v) is 11.4. The summed E-state index contributed by atoms with van der Waals surface area (Å²) >= 11 is 0. The molecule has 2 aromatic heterocycles. The number of pyridine rings is 1. The van der Waals surface area contributed by atoms with Crippen molar-refractivity contribution in [1.29, 1.82) is 5.26 Å². The highest BCUT2D eigenvalue weighted by molar-refractivity contribution is 7.91. The molecule has 0 amide bonds. The molecule has 5 rings (SSSR count). The van der Waals surface area contributed by atoms with Crippen molar-refractivity contribution in [2.24, 2.45) is 0 Å². The number of halogens is 5. The molecule has 2 atom stereocenters. The second-order valence-electron chi connectivity index (χ2n) is 9.69. The summed E-state index contributed by atoms with van der Waals surface area (Å²) in [6.07, 6.45) is 1.91. The molecule has 0 bridgehead atoms. The van der Waals surface area contributed by atoms with Crippen LogP contribution in [0, 0.1) is 34.6 Å². The number of benzene rings is 2. The van der Waals surface area contributed by atoms with E-state index in [1.54, 1.807) is 10.8 Å². The number of ether oxygens (including phenoxy) is 1. The van der Waals surface area contributed by atoms with Gasteiger partial charge in [0.1, 0.15) is 17.7 Å². The van der Waals surface area contributed by atoms with Gasteiger partial charge < -0.3 is 15.4 Å². The number of sulfonamides is 1. The lowest BCUT2D eigenvalue weighted by Crippen LogP contribution is -2.44. The van der Waals surface area contributed by atoms with Crippen LogP contribution in [-0.4, -0.2) is 48.7 Å². The summed E-state index contributed by atoms with van der Waals surface area (Å²) in [5.74, 6) is -7.94. The third-order valence-corrected chi connectivity index (χ3v) is 7.67. The fraction of sp³-hybridized carbons (Fsp3) is 0.214. The van der Waals surface area contributed by atoms with E-state index in [2.05, 4.69) is 25.6 Å². The van der Waals surface area contributed by atoms with Gasteiger partial charge in [0, 0.05) is 44.0 Å². The van der Waals surface area contributed by atoms with Gasteiger partial charge in [-0.15, -0.1) is 0 Å². The van der Waals surface area contributed by atoms with Crippen LogP contribution in [0.5, 0.6) is 11.6 Å². The summed E-state index contributed by atoms with van der Waals surface area (Å²) < 4.78 is 105. The number of alkyl halides is 1. The standard InChI is InChI=1S/C28H22F5N7O3S/c29-17-4-3-15(16(8-17)11-34)14-44(41,42)40-26-21(31)10-23(24(32)25(26)33)43-27-20(2-1-6-36-27)22-5-7-37-28(39-22)38-19-9-18(30)12-35-13-19/h1-8,10,18-19,35,40H,9,12-14H2,(H,37,38,39)/t18-,19?/m0/s1. The van der Waals surface area contributed by atoms with Crippen LogP contribution in [0.4, 0.5) is 33.6 Å². The maximum absolute atomic E-state index is 15.1. The minimum absolute atomic E-state index is 0.143. The van der Waals surface area contributed by atoms with E-state index >= 15 is 8.78 Å². The van der Waals surface area contributed by atoms with E-state index < -0.39 is 56.7 Å². The van der Waals surface area contributed by atoms with E-state index in [1.165, 1.54) is 30.6 Å². The topological polar surface area (TPSA) is 142 Å². The van der Waals surface area contributed by atoms with Crippen LogP contribution in [0.25, 0.3) is 11.3 Å². The first-order valence-corrected chi connectivity index (χ1v) is 14.6. The quantitative estimate of drug-likeness (QED) is 0.175. The van der Waals surface area contributed by atoms with Crippen LogP contribution in [0.1, 0.15) is 17.5 Å². The predicted octanol–water partition coefficient (Wildman–Crippen LogP) is 4.81. The van der Waals surface area contributed by atoms with Crippen molar-refractivity contribution in [2.75, 3.05) is 23.1 Å². The predicted molar refractivity (Wildman–Crippen MR) is 149 cm³/mol. The summed E-state index contributed by atoms with van der Waals surface area (Å²) in [6, 6.07) is 9.05. The molecule has 4 aromatic rings. The maximum atomic E-state index is 15.1. The Kier molecular flexibility index (Phi) is 8.88. The van der Waals surface area contributed by atoms with Crippen LogP contribution < -0.4 is 20.1 Å². The lowest BCUT2D eigenvalue weighted by molar-refractivity contribution is 0.254. The summed E-state index contributed by atoms with van der Waals surface area (Å²) in [5, 5.41) is 15.1. The lowest BCUT2D eigenvalue weighted by atomic mass is 10.1. The molecule has 228 valence electrons. The van der Waals surface area contributed by atoms with Gasteiger partial charge in [0.05, 0.1) is 28.6 Å². The first-order valence-electron chi connectivity index (χ1n) is 13.0. The molecular weight excluding hydrogens is 609 g/mol. The van der Waals surface area contributed by atoms with Gasteiger partial charge in [-0.3, -0.25) is 4.72 Å². The minimum Gasteiger partial charge on any atom is -0.435 e. The fourth-order valence-corrected chi connectivity index (χ4v) is 5.68. The Labute approximate surface area is 248 Å². The third-order valence-electron chi connectivity index (χ3n) is 6.46. The summed E-state index contributed by atoms with van der Waals surface area (Å²) in [7, 11) is -4.60. The zero-order valence-corrected chi connectivity index (χ0v) is 23.3. The van der Waals surface area contributed by atoms with Crippen molar-refractivity contribution in [3.05, 3.63) is 89.3 Å². The number of nitriles is 1. The smallest absolute Gasteiger partial charge is 0.237 e. The normalized spacial score (nSPS) is 16.6. The number of nitrogens with zero attached hydrogens (tertiary/aromatic N) is 4. The first kappa shape index (κ1) is 30.6. The number of aromatic nitrogens is 3. The van der Waals surface area contributed by atoms with Gasteiger partial charge in [0.15, 0.2) is 17.4 Å². The highest BCUT2D eigenvalue weighted by atomic mass is 32.2. The maximum Gasteiger partial charge on any atom is 0.237 e. The van der Waals surface area contributed by atoms with Gasteiger partial charge in [-0.2, -0.15) is 9.65 Å². The monoisotopic (exact) mass is 631 g/mol. The van der Waals surface area contributed by atoms with Crippen molar-refractivity contribution in [1.82, 2.24) is 20.3 Å². The summed E-state index contributed by atoms with van der Waals surface area (Å²) in [6.45, 7) is 0.740. The van der Waals surface area contributed by atoms with E-state index in [0.29, 0.717) is 12.6 Å². The van der Waals surface area contributed by atoms with Gasteiger partial charge in [0.2, 0.25) is 27.7 Å². The van der Waals surface area contributed by atoms with Gasteiger partial charge in [-0.1, -0.05) is 6.07 Å². The fourth-order valence-electron chi connectivity index (χ4n) is 4.45. The molecule has 2 aromatic carbocycles. The van der Waals surface area contributed by atoms with Gasteiger partial charge in [-0.25, -0.2) is 40.9 Å². The molecule has 10 nitrogen and oxygen atoms in total. The lowest BCUT2D eigenvalue weighted by Gasteiger charge is -2.26. The third kappa shape index (κ3) is 7.01. The molecule has 1 fully saturated rings. The van der Waals surface area contributed by atoms with Gasteiger partial charge >= 0.3 is 0 Å². The van der Waals surface area contributed by atoms with E-state index in [-0.39, 0.29) is 53.2 Å². The molecule has 0 saturated carbocycles. The van der Waals surface area contributed by atoms with Gasteiger partial charge in [0.25, 0.3) is 0 Å². The highest BCUT2D eigenvalue weighted by Gasteiger charge is 2.26. The van der Waals surface area contributed by atoms with Crippen molar-refractivity contribution in [2.45, 2.75) is 24.4 Å². The molecule has 0 aliphatic carbocycles. The molecule has 3 heterocycles. The molecule has 3 N–H and O–H groups in total. The van der Waals surface area contributed by atoms with E-state index in [4.69, 9.17) is 10.00 Å². The molecule has 1 aliphatic rings. The molecule has 0 radical (unpaired) electrons. The molecule has 1 unspecified atom stereocenters. The summed E-state index contributed by atoms with van der Waals surface area (Å²) in [4.78, 5) is 12.5. The Hall–Kier alpha value is -4.88. The average molecular weight is 632 g/mol. The van der Waals surface area contributed by atoms with Crippen molar-refractivity contribution in [3.63, 3.8) is 0 Å². The van der Waals surface area contributed by atoms with Crippen molar-refractivity contribution in [3.8, 4) is 29.0 Å². The van der Waals surface area contributed by atoms with E-state index in [0.717, 1.165) is 18.2 Å². The number of hydrogen-bond acceptors (Lipinski definition) is 9. The second kappa shape index (κ2) is 12.8. The van der Waals surface area contributed by atoms with E-state index in [9.17, 15) is 21.6 Å². The Morgan fingerprint density at radius 3 is 2.64 bits per heavy atom. The molecule has 1 saturated heterocycles. The minimum atomic E-state index is -4.60. The van der Waals surface area contributed by atoms with Crippen LogP contribution in [0.2, 0.25) is 0 Å². The number of rotatable bonds is 9. The van der Waals surface area contributed by atoms with Crippen LogP contribution in [0.15, 0.2) is 54.9 Å². The first-order chi connectivity index (χ1) is 21.0. The molecule has 1 aliphatic heterocycles.